The number of rotatable bonds is 6. The van der Waals surface area contributed by atoms with Crippen molar-refractivity contribution in [2.45, 2.75) is 32.7 Å². The third kappa shape index (κ3) is 6.40. The third-order valence-corrected chi connectivity index (χ3v) is 4.74. The number of carbonyl (C=O) groups is 1. The van der Waals surface area contributed by atoms with Gasteiger partial charge < -0.3 is 15.1 Å². The normalized spacial score (nSPS) is 16.3. The number of hydrogen-bond acceptors (Lipinski definition) is 2. The minimum atomic E-state index is -0.0211. The molecular weight excluding hydrogens is 310 g/mol. The second-order valence-corrected chi connectivity index (χ2v) is 7.03. The fourth-order valence-corrected chi connectivity index (χ4v) is 2.98. The molecule has 0 aliphatic carbocycles. The highest BCUT2D eigenvalue weighted by Gasteiger charge is 2.15. The summed E-state index contributed by atoms with van der Waals surface area (Å²) < 4.78 is 0. The molecule has 0 atom stereocenters. The van der Waals surface area contributed by atoms with Crippen LogP contribution >= 0.6 is 11.6 Å². The van der Waals surface area contributed by atoms with E-state index in [0.717, 1.165) is 31.0 Å². The molecule has 0 bridgehead atoms. The van der Waals surface area contributed by atoms with E-state index in [1.807, 2.05) is 31.3 Å². The van der Waals surface area contributed by atoms with Crippen LogP contribution in [0.5, 0.6) is 0 Å². The monoisotopic (exact) mass is 337 g/mol. The number of urea groups is 1. The summed E-state index contributed by atoms with van der Waals surface area (Å²) in [5, 5.41) is 3.71. The zero-order valence-electron chi connectivity index (χ0n) is 14.2. The molecule has 4 nitrogen and oxygen atoms in total. The van der Waals surface area contributed by atoms with E-state index in [-0.39, 0.29) is 6.03 Å². The molecule has 0 spiro atoms. The van der Waals surface area contributed by atoms with E-state index in [4.69, 9.17) is 11.6 Å². The number of nitrogens with one attached hydrogen (secondary N) is 1. The maximum atomic E-state index is 12.1. The smallest absolute Gasteiger partial charge is 0.317 e. The molecule has 1 heterocycles. The van der Waals surface area contributed by atoms with Crippen molar-refractivity contribution >= 4 is 17.6 Å². The van der Waals surface area contributed by atoms with Gasteiger partial charge in [0.15, 0.2) is 0 Å². The molecule has 0 aromatic heterocycles. The molecule has 1 aliphatic rings. The number of carbonyl (C=O) groups excluding carboxylic acids is 1. The van der Waals surface area contributed by atoms with Crippen LogP contribution in [0.4, 0.5) is 4.79 Å². The van der Waals surface area contributed by atoms with Gasteiger partial charge >= 0.3 is 6.03 Å². The van der Waals surface area contributed by atoms with E-state index < -0.39 is 0 Å². The quantitative estimate of drug-likeness (QED) is 0.805. The number of piperidine rings is 1. The standard InChI is InChI=1S/C18H28ClN3O/c1-15-8-12-22(13-9-15)11-3-10-20-18(23)21(2)14-16-4-6-17(19)7-5-16/h4-7,15H,3,8-14H2,1-2H3,(H,20,23). The first-order valence-electron chi connectivity index (χ1n) is 8.50. The Morgan fingerprint density at radius 1 is 1.30 bits per heavy atom. The van der Waals surface area contributed by atoms with Crippen molar-refractivity contribution in [2.24, 2.45) is 5.92 Å². The molecule has 1 aromatic carbocycles. The van der Waals surface area contributed by atoms with Crippen molar-refractivity contribution in [3.05, 3.63) is 34.9 Å². The van der Waals surface area contributed by atoms with Crippen LogP contribution in [0.3, 0.4) is 0 Å². The van der Waals surface area contributed by atoms with E-state index in [1.165, 1.54) is 25.9 Å². The minimum absolute atomic E-state index is 0.0211. The minimum Gasteiger partial charge on any atom is -0.338 e. The molecule has 2 amide bonds. The molecule has 0 saturated carbocycles. The van der Waals surface area contributed by atoms with Gasteiger partial charge in [-0.2, -0.15) is 0 Å². The van der Waals surface area contributed by atoms with Gasteiger partial charge in [0.2, 0.25) is 0 Å². The van der Waals surface area contributed by atoms with Crippen LogP contribution < -0.4 is 5.32 Å². The Hall–Kier alpha value is -1.26. The highest BCUT2D eigenvalue weighted by atomic mass is 35.5. The van der Waals surface area contributed by atoms with Gasteiger partial charge in [-0.3, -0.25) is 0 Å². The fourth-order valence-electron chi connectivity index (χ4n) is 2.85. The number of benzene rings is 1. The Morgan fingerprint density at radius 3 is 2.61 bits per heavy atom. The maximum Gasteiger partial charge on any atom is 0.317 e. The second-order valence-electron chi connectivity index (χ2n) is 6.59. The van der Waals surface area contributed by atoms with E-state index in [1.54, 1.807) is 4.90 Å². The number of nitrogens with zero attached hydrogens (tertiary/aromatic N) is 2. The van der Waals surface area contributed by atoms with Crippen molar-refractivity contribution in [3.8, 4) is 0 Å². The summed E-state index contributed by atoms with van der Waals surface area (Å²) in [5.41, 5.74) is 1.08. The van der Waals surface area contributed by atoms with Crippen LogP contribution in [0.25, 0.3) is 0 Å². The van der Waals surface area contributed by atoms with E-state index in [9.17, 15) is 4.79 Å². The lowest BCUT2D eigenvalue weighted by Crippen LogP contribution is -2.39. The summed E-state index contributed by atoms with van der Waals surface area (Å²) in [7, 11) is 1.82. The van der Waals surface area contributed by atoms with Gasteiger partial charge in [0.1, 0.15) is 0 Å². The molecule has 128 valence electrons. The van der Waals surface area contributed by atoms with Crippen LogP contribution in [0.2, 0.25) is 5.02 Å². The molecule has 2 rings (SSSR count). The summed E-state index contributed by atoms with van der Waals surface area (Å²) in [6, 6.07) is 7.57. The average Bonchev–Trinajstić information content (AvgIpc) is 2.55. The predicted molar refractivity (Wildman–Crippen MR) is 95.8 cm³/mol. The SMILES string of the molecule is CC1CCN(CCCNC(=O)N(C)Cc2ccc(Cl)cc2)CC1. The lowest BCUT2D eigenvalue weighted by atomic mass is 9.99. The van der Waals surface area contributed by atoms with Crippen molar-refractivity contribution in [1.82, 2.24) is 15.1 Å². The number of likely N-dealkylation sites (tertiary alicyclic amines) is 1. The number of hydrogen-bond donors (Lipinski definition) is 1. The fraction of sp³-hybridized carbons (Fsp3) is 0.611. The Labute approximate surface area is 144 Å². The lowest BCUT2D eigenvalue weighted by Gasteiger charge is -2.30. The molecule has 0 radical (unpaired) electrons. The highest BCUT2D eigenvalue weighted by molar-refractivity contribution is 6.30. The van der Waals surface area contributed by atoms with Gasteiger partial charge in [0.25, 0.3) is 0 Å². The van der Waals surface area contributed by atoms with Crippen LogP contribution in [0.1, 0.15) is 31.7 Å². The zero-order chi connectivity index (χ0) is 16.7. The number of halogens is 1. The van der Waals surface area contributed by atoms with E-state index >= 15 is 0 Å². The molecule has 1 saturated heterocycles. The first-order valence-corrected chi connectivity index (χ1v) is 8.88. The number of amides is 2. The van der Waals surface area contributed by atoms with Crippen LogP contribution in [-0.2, 0) is 6.54 Å². The first kappa shape index (κ1) is 18.1. The topological polar surface area (TPSA) is 35.6 Å². The molecule has 1 aromatic rings. The summed E-state index contributed by atoms with van der Waals surface area (Å²) in [6.45, 7) is 7.13. The van der Waals surface area contributed by atoms with E-state index in [0.29, 0.717) is 11.6 Å². The molecular formula is C18H28ClN3O. The van der Waals surface area contributed by atoms with Gasteiger partial charge in [0, 0.05) is 25.2 Å². The predicted octanol–water partition coefficient (Wildman–Crippen LogP) is 3.60. The van der Waals surface area contributed by atoms with E-state index in [2.05, 4.69) is 17.1 Å². The van der Waals surface area contributed by atoms with Crippen LogP contribution in [0.15, 0.2) is 24.3 Å². The van der Waals surface area contributed by atoms with Crippen molar-refractivity contribution in [1.29, 1.82) is 0 Å². The Bertz CT molecular complexity index is 484. The van der Waals surface area contributed by atoms with Crippen molar-refractivity contribution < 1.29 is 4.79 Å². The average molecular weight is 338 g/mol. The summed E-state index contributed by atoms with van der Waals surface area (Å²) in [4.78, 5) is 16.3. The van der Waals surface area contributed by atoms with Crippen molar-refractivity contribution in [2.75, 3.05) is 33.2 Å². The van der Waals surface area contributed by atoms with Crippen LogP contribution in [0, 0.1) is 5.92 Å². The first-order chi connectivity index (χ1) is 11.0. The maximum absolute atomic E-state index is 12.1. The Kier molecular flexibility index (Phi) is 7.18. The lowest BCUT2D eigenvalue weighted by molar-refractivity contribution is 0.187. The summed E-state index contributed by atoms with van der Waals surface area (Å²) in [5.74, 6) is 0.868. The van der Waals surface area contributed by atoms with Crippen LogP contribution in [-0.4, -0.2) is 49.1 Å². The second kappa shape index (κ2) is 9.14. The van der Waals surface area contributed by atoms with Gasteiger partial charge in [-0.1, -0.05) is 30.7 Å². The molecule has 1 aliphatic heterocycles. The van der Waals surface area contributed by atoms with Gasteiger partial charge in [-0.25, -0.2) is 4.79 Å². The summed E-state index contributed by atoms with van der Waals surface area (Å²) in [6.07, 6.45) is 3.61. The van der Waals surface area contributed by atoms with Gasteiger partial charge in [-0.05, 0) is 62.5 Å². The summed E-state index contributed by atoms with van der Waals surface area (Å²) >= 11 is 5.87. The Balaban J connectivity index is 1.61. The molecule has 23 heavy (non-hydrogen) atoms. The Morgan fingerprint density at radius 2 is 1.96 bits per heavy atom. The third-order valence-electron chi connectivity index (χ3n) is 4.48. The van der Waals surface area contributed by atoms with Crippen molar-refractivity contribution in [3.63, 3.8) is 0 Å². The zero-order valence-corrected chi connectivity index (χ0v) is 15.0. The molecule has 1 N–H and O–H groups in total. The largest absolute Gasteiger partial charge is 0.338 e. The highest BCUT2D eigenvalue weighted by Crippen LogP contribution is 2.15. The molecule has 0 unspecified atom stereocenters. The molecule has 1 fully saturated rings. The molecule has 5 heteroatoms. The van der Waals surface area contributed by atoms with Gasteiger partial charge in [0.05, 0.1) is 0 Å². The van der Waals surface area contributed by atoms with Gasteiger partial charge in [-0.15, -0.1) is 0 Å².